The summed E-state index contributed by atoms with van der Waals surface area (Å²) in [5.74, 6) is 0.683. The number of piperidine rings is 1. The van der Waals surface area contributed by atoms with Gasteiger partial charge in [-0.15, -0.1) is 0 Å². The summed E-state index contributed by atoms with van der Waals surface area (Å²) in [4.78, 5) is 2.59. The first kappa shape index (κ1) is 10.6. The fraction of sp³-hybridized carbons (Fsp3) is 0.833. The molecule has 1 saturated heterocycles. The molecule has 0 N–H and O–H groups in total. The molecular weight excluding hydrogens is 158 g/mol. The molecule has 0 spiro atoms. The maximum Gasteiger partial charge on any atom is 0.0175 e. The molecule has 0 aromatic heterocycles. The molecule has 0 amide bonds. The van der Waals surface area contributed by atoms with E-state index in [0.717, 1.165) is 0 Å². The summed E-state index contributed by atoms with van der Waals surface area (Å²) >= 11 is 0. The third-order valence-electron chi connectivity index (χ3n) is 2.76. The number of nitrogens with zero attached hydrogens (tertiary/aromatic N) is 1. The van der Waals surface area contributed by atoms with E-state index in [1.807, 2.05) is 0 Å². The van der Waals surface area contributed by atoms with Gasteiger partial charge in [-0.1, -0.05) is 19.4 Å². The summed E-state index contributed by atoms with van der Waals surface area (Å²) in [6.45, 7) is 11.6. The van der Waals surface area contributed by atoms with Crippen molar-refractivity contribution in [2.45, 2.75) is 47.0 Å². The minimum absolute atomic E-state index is 0.683. The maximum atomic E-state index is 2.59. The summed E-state index contributed by atoms with van der Waals surface area (Å²) in [5.41, 5.74) is 3.08. The molecule has 0 aromatic rings. The van der Waals surface area contributed by atoms with Crippen LogP contribution < -0.4 is 0 Å². The zero-order valence-corrected chi connectivity index (χ0v) is 9.56. The molecule has 1 fully saturated rings. The Morgan fingerprint density at radius 3 is 1.92 bits per heavy atom. The van der Waals surface area contributed by atoms with Crippen molar-refractivity contribution in [2.75, 3.05) is 13.1 Å². The van der Waals surface area contributed by atoms with Gasteiger partial charge in [-0.2, -0.15) is 0 Å². The Balaban J connectivity index is 2.69. The standard InChI is InChI=1S/C12H23N/c1-10(2)12(11(3)4)13-8-6-5-7-9-13/h10H,5-9H2,1-4H3. The monoisotopic (exact) mass is 181 g/mol. The fourth-order valence-corrected chi connectivity index (χ4v) is 2.39. The lowest BCUT2D eigenvalue weighted by Gasteiger charge is -2.34. The second kappa shape index (κ2) is 4.69. The van der Waals surface area contributed by atoms with Crippen LogP contribution in [0.3, 0.4) is 0 Å². The average molecular weight is 181 g/mol. The molecule has 76 valence electrons. The summed E-state index contributed by atoms with van der Waals surface area (Å²) < 4.78 is 0. The van der Waals surface area contributed by atoms with Crippen molar-refractivity contribution in [3.8, 4) is 0 Å². The number of hydrogen-bond acceptors (Lipinski definition) is 1. The predicted molar refractivity (Wildman–Crippen MR) is 58.6 cm³/mol. The second-order valence-corrected chi connectivity index (χ2v) is 4.59. The summed E-state index contributed by atoms with van der Waals surface area (Å²) in [7, 11) is 0. The molecule has 0 radical (unpaired) electrons. The van der Waals surface area contributed by atoms with Crippen molar-refractivity contribution in [2.24, 2.45) is 5.92 Å². The Kier molecular flexibility index (Phi) is 3.83. The van der Waals surface area contributed by atoms with Crippen molar-refractivity contribution < 1.29 is 0 Å². The number of rotatable bonds is 2. The first-order valence-electron chi connectivity index (χ1n) is 5.55. The van der Waals surface area contributed by atoms with Gasteiger partial charge >= 0.3 is 0 Å². The zero-order chi connectivity index (χ0) is 9.84. The van der Waals surface area contributed by atoms with Crippen molar-refractivity contribution >= 4 is 0 Å². The Morgan fingerprint density at radius 1 is 1.00 bits per heavy atom. The minimum atomic E-state index is 0.683. The van der Waals surface area contributed by atoms with Crippen LogP contribution in [-0.2, 0) is 0 Å². The topological polar surface area (TPSA) is 3.24 Å². The lowest BCUT2D eigenvalue weighted by atomic mass is 10.0. The van der Waals surface area contributed by atoms with Crippen LogP contribution in [0.4, 0.5) is 0 Å². The fourth-order valence-electron chi connectivity index (χ4n) is 2.39. The first-order chi connectivity index (χ1) is 6.13. The lowest BCUT2D eigenvalue weighted by Crippen LogP contribution is -2.31. The molecule has 1 heterocycles. The number of allylic oxidation sites excluding steroid dienone is 2. The van der Waals surface area contributed by atoms with Crippen LogP contribution in [0.25, 0.3) is 0 Å². The number of hydrogen-bond donors (Lipinski definition) is 0. The largest absolute Gasteiger partial charge is 0.375 e. The minimum Gasteiger partial charge on any atom is -0.375 e. The van der Waals surface area contributed by atoms with Crippen molar-refractivity contribution in [3.63, 3.8) is 0 Å². The van der Waals surface area contributed by atoms with E-state index in [4.69, 9.17) is 0 Å². The first-order valence-corrected chi connectivity index (χ1v) is 5.55. The van der Waals surface area contributed by atoms with E-state index in [1.165, 1.54) is 37.9 Å². The molecule has 0 unspecified atom stereocenters. The summed E-state index contributed by atoms with van der Waals surface area (Å²) in [5, 5.41) is 0. The van der Waals surface area contributed by atoms with Gasteiger partial charge in [0.2, 0.25) is 0 Å². The Labute approximate surface area is 82.8 Å². The molecule has 1 rings (SSSR count). The van der Waals surface area contributed by atoms with E-state index in [9.17, 15) is 0 Å². The molecule has 1 aliphatic rings. The van der Waals surface area contributed by atoms with Crippen LogP contribution in [-0.4, -0.2) is 18.0 Å². The van der Waals surface area contributed by atoms with Gasteiger partial charge in [0.1, 0.15) is 0 Å². The molecule has 0 bridgehead atoms. The summed E-state index contributed by atoms with van der Waals surface area (Å²) in [6, 6.07) is 0. The van der Waals surface area contributed by atoms with E-state index in [1.54, 1.807) is 5.70 Å². The molecule has 1 nitrogen and oxygen atoms in total. The van der Waals surface area contributed by atoms with Gasteiger partial charge in [-0.05, 0) is 39.0 Å². The van der Waals surface area contributed by atoms with Gasteiger partial charge in [0.05, 0.1) is 0 Å². The highest BCUT2D eigenvalue weighted by Gasteiger charge is 2.16. The molecule has 0 aliphatic carbocycles. The summed E-state index contributed by atoms with van der Waals surface area (Å²) in [6.07, 6.45) is 4.18. The Morgan fingerprint density at radius 2 is 1.54 bits per heavy atom. The average Bonchev–Trinajstić information content (AvgIpc) is 2.04. The van der Waals surface area contributed by atoms with Crippen molar-refractivity contribution in [3.05, 3.63) is 11.3 Å². The molecular formula is C12H23N. The molecule has 13 heavy (non-hydrogen) atoms. The van der Waals surface area contributed by atoms with Crippen LogP contribution in [0, 0.1) is 5.92 Å². The van der Waals surface area contributed by atoms with Crippen LogP contribution in [0.15, 0.2) is 11.3 Å². The highest BCUT2D eigenvalue weighted by atomic mass is 15.1. The highest BCUT2D eigenvalue weighted by Crippen LogP contribution is 2.23. The van der Waals surface area contributed by atoms with E-state index >= 15 is 0 Å². The van der Waals surface area contributed by atoms with E-state index in [2.05, 4.69) is 32.6 Å². The van der Waals surface area contributed by atoms with Gasteiger partial charge in [-0.25, -0.2) is 0 Å². The molecule has 0 saturated carbocycles. The number of likely N-dealkylation sites (tertiary alicyclic amines) is 1. The van der Waals surface area contributed by atoms with Crippen molar-refractivity contribution in [1.29, 1.82) is 0 Å². The van der Waals surface area contributed by atoms with Gasteiger partial charge in [-0.3, -0.25) is 0 Å². The molecule has 1 heteroatoms. The zero-order valence-electron chi connectivity index (χ0n) is 9.56. The smallest absolute Gasteiger partial charge is 0.0175 e. The third-order valence-corrected chi connectivity index (χ3v) is 2.76. The van der Waals surface area contributed by atoms with Crippen LogP contribution >= 0.6 is 0 Å². The van der Waals surface area contributed by atoms with Crippen LogP contribution in [0.1, 0.15) is 47.0 Å². The normalized spacial score (nSPS) is 17.8. The van der Waals surface area contributed by atoms with Gasteiger partial charge in [0.15, 0.2) is 0 Å². The Bertz CT molecular complexity index is 181. The quantitative estimate of drug-likeness (QED) is 0.631. The third kappa shape index (κ3) is 2.75. The van der Waals surface area contributed by atoms with Gasteiger partial charge in [0, 0.05) is 18.8 Å². The SMILES string of the molecule is CC(C)=C(C(C)C)N1CCCCC1. The maximum absolute atomic E-state index is 2.59. The van der Waals surface area contributed by atoms with Crippen LogP contribution in [0.2, 0.25) is 0 Å². The van der Waals surface area contributed by atoms with E-state index < -0.39 is 0 Å². The van der Waals surface area contributed by atoms with Gasteiger partial charge in [0.25, 0.3) is 0 Å². The van der Waals surface area contributed by atoms with E-state index in [0.29, 0.717) is 5.92 Å². The van der Waals surface area contributed by atoms with Crippen molar-refractivity contribution in [1.82, 2.24) is 4.90 Å². The molecule has 0 aromatic carbocycles. The second-order valence-electron chi connectivity index (χ2n) is 4.59. The Hall–Kier alpha value is -0.460. The lowest BCUT2D eigenvalue weighted by molar-refractivity contribution is 0.259. The predicted octanol–water partition coefficient (Wildman–Crippen LogP) is 3.42. The molecule has 1 aliphatic heterocycles. The molecule has 0 atom stereocenters. The van der Waals surface area contributed by atoms with Crippen LogP contribution in [0.5, 0.6) is 0 Å². The van der Waals surface area contributed by atoms with Gasteiger partial charge < -0.3 is 4.90 Å². The van der Waals surface area contributed by atoms with E-state index in [-0.39, 0.29) is 0 Å². The highest BCUT2D eigenvalue weighted by molar-refractivity contribution is 5.11.